The molecule has 2 N–H and O–H groups in total. The number of aromatic nitrogens is 1. The van der Waals surface area contributed by atoms with E-state index in [1.807, 2.05) is 38.2 Å². The zero-order valence-corrected chi connectivity index (χ0v) is 14.4. The lowest BCUT2D eigenvalue weighted by Gasteiger charge is -2.20. The fourth-order valence-corrected chi connectivity index (χ4v) is 3.48. The second-order valence-electron chi connectivity index (χ2n) is 5.79. The minimum Gasteiger partial charge on any atom is -0.322 e. The molecule has 0 aliphatic rings. The number of anilines is 1. The summed E-state index contributed by atoms with van der Waals surface area (Å²) in [4.78, 5) is 18.0. The molecular weight excluding hydrogens is 325 g/mol. The maximum Gasteiger partial charge on any atom is 0.282 e. The summed E-state index contributed by atoms with van der Waals surface area (Å²) in [5, 5.41) is 3.64. The van der Waals surface area contributed by atoms with Crippen molar-refractivity contribution in [1.29, 1.82) is 0 Å². The van der Waals surface area contributed by atoms with E-state index in [1.54, 1.807) is 29.5 Å². The number of hydrogen-bond donors (Lipinski definition) is 2. The van der Waals surface area contributed by atoms with Crippen LogP contribution >= 0.6 is 11.3 Å². The van der Waals surface area contributed by atoms with Crippen molar-refractivity contribution < 1.29 is 14.1 Å². The Morgan fingerprint density at radius 1 is 1.25 bits per heavy atom. The van der Waals surface area contributed by atoms with E-state index < -0.39 is 5.82 Å². The van der Waals surface area contributed by atoms with Gasteiger partial charge in [-0.3, -0.25) is 4.79 Å². The summed E-state index contributed by atoms with van der Waals surface area (Å²) in [6, 6.07) is 13.8. The molecule has 124 valence electrons. The lowest BCUT2D eigenvalue weighted by atomic mass is 10.2. The molecule has 6 heteroatoms. The lowest BCUT2D eigenvalue weighted by molar-refractivity contribution is -0.907. The van der Waals surface area contributed by atoms with E-state index in [0.29, 0.717) is 6.54 Å². The zero-order valence-electron chi connectivity index (χ0n) is 13.5. The van der Waals surface area contributed by atoms with Gasteiger partial charge in [0.1, 0.15) is 17.4 Å². The van der Waals surface area contributed by atoms with E-state index in [4.69, 9.17) is 0 Å². The van der Waals surface area contributed by atoms with Gasteiger partial charge in [-0.05, 0) is 31.2 Å². The van der Waals surface area contributed by atoms with E-state index in [-0.39, 0.29) is 17.6 Å². The summed E-state index contributed by atoms with van der Waals surface area (Å²) in [6.45, 7) is 2.48. The predicted molar refractivity (Wildman–Crippen MR) is 94.7 cm³/mol. The molecule has 0 aliphatic carbocycles. The second kappa shape index (κ2) is 7.07. The number of benzene rings is 2. The van der Waals surface area contributed by atoms with Crippen molar-refractivity contribution in [3.05, 3.63) is 59.4 Å². The molecule has 1 unspecified atom stereocenters. The Morgan fingerprint density at radius 3 is 2.71 bits per heavy atom. The quantitative estimate of drug-likeness (QED) is 0.747. The number of thiazole rings is 1. The van der Waals surface area contributed by atoms with Crippen LogP contribution in [0.3, 0.4) is 0 Å². The number of carbonyl (C=O) groups is 1. The van der Waals surface area contributed by atoms with Gasteiger partial charge in [0, 0.05) is 0 Å². The number of quaternary nitrogens is 1. The highest BCUT2D eigenvalue weighted by molar-refractivity contribution is 7.18. The molecule has 2 aromatic carbocycles. The molecule has 0 spiro atoms. The van der Waals surface area contributed by atoms with Gasteiger partial charge in [-0.25, -0.2) is 9.37 Å². The topological polar surface area (TPSA) is 46.4 Å². The minimum absolute atomic E-state index is 0.210. The first-order valence-corrected chi connectivity index (χ1v) is 8.58. The van der Waals surface area contributed by atoms with Gasteiger partial charge < -0.3 is 10.2 Å². The number of nitrogens with one attached hydrogen (secondary N) is 2. The van der Waals surface area contributed by atoms with Gasteiger partial charge in [-0.15, -0.1) is 11.3 Å². The highest BCUT2D eigenvalue weighted by atomic mass is 32.1. The molecule has 3 aromatic rings. The molecule has 0 aliphatic heterocycles. The molecule has 1 amide bonds. The van der Waals surface area contributed by atoms with E-state index in [2.05, 4.69) is 10.3 Å². The van der Waals surface area contributed by atoms with Crippen molar-refractivity contribution in [2.75, 3.05) is 12.4 Å². The van der Waals surface area contributed by atoms with Gasteiger partial charge in [0.25, 0.3) is 5.91 Å². The molecule has 1 heterocycles. The Bertz CT molecular complexity index is 831. The molecule has 0 bridgehead atoms. The van der Waals surface area contributed by atoms with Gasteiger partial charge in [0.15, 0.2) is 6.04 Å². The number of nitrogens with zero attached hydrogens (tertiary/aromatic N) is 1. The Hall–Kier alpha value is -2.31. The van der Waals surface area contributed by atoms with E-state index in [0.717, 1.165) is 20.1 Å². The van der Waals surface area contributed by atoms with Crippen molar-refractivity contribution >= 4 is 33.1 Å². The van der Waals surface area contributed by atoms with Gasteiger partial charge in [0.05, 0.1) is 23.0 Å². The normalized spacial score (nSPS) is 13.6. The van der Waals surface area contributed by atoms with Crippen LogP contribution in [0.4, 0.5) is 10.1 Å². The third kappa shape index (κ3) is 3.60. The number of hydrogen-bond acceptors (Lipinski definition) is 3. The Labute approximate surface area is 143 Å². The third-order valence-corrected chi connectivity index (χ3v) is 5.07. The number of para-hydroxylation sites is 2. The summed E-state index contributed by atoms with van der Waals surface area (Å²) >= 11 is 1.64. The van der Waals surface area contributed by atoms with Crippen molar-refractivity contribution in [1.82, 2.24) is 4.98 Å². The fraction of sp³-hybridized carbons (Fsp3) is 0.222. The van der Waals surface area contributed by atoms with Crippen LogP contribution in [0.2, 0.25) is 0 Å². The summed E-state index contributed by atoms with van der Waals surface area (Å²) in [5.74, 6) is -0.638. The van der Waals surface area contributed by atoms with E-state index in [9.17, 15) is 9.18 Å². The van der Waals surface area contributed by atoms with Crippen LogP contribution in [0.15, 0.2) is 48.5 Å². The zero-order chi connectivity index (χ0) is 17.1. The molecule has 0 saturated heterocycles. The van der Waals surface area contributed by atoms with Gasteiger partial charge in [-0.2, -0.15) is 0 Å². The summed E-state index contributed by atoms with van der Waals surface area (Å²) < 4.78 is 14.8. The van der Waals surface area contributed by atoms with Crippen LogP contribution < -0.4 is 10.2 Å². The van der Waals surface area contributed by atoms with Crippen LogP contribution in [0, 0.1) is 5.82 Å². The molecule has 0 radical (unpaired) electrons. The van der Waals surface area contributed by atoms with Gasteiger partial charge in [0.2, 0.25) is 0 Å². The van der Waals surface area contributed by atoms with Crippen LogP contribution in [0.1, 0.15) is 11.9 Å². The summed E-state index contributed by atoms with van der Waals surface area (Å²) in [6.07, 6.45) is 0. The first kappa shape index (κ1) is 16.5. The third-order valence-electron chi connectivity index (χ3n) is 4.03. The Kier molecular flexibility index (Phi) is 4.87. The molecule has 4 nitrogen and oxygen atoms in total. The van der Waals surface area contributed by atoms with E-state index >= 15 is 0 Å². The maximum atomic E-state index is 13.6. The molecule has 24 heavy (non-hydrogen) atoms. The number of rotatable bonds is 5. The van der Waals surface area contributed by atoms with E-state index in [1.165, 1.54) is 6.07 Å². The summed E-state index contributed by atoms with van der Waals surface area (Å²) in [7, 11) is 1.94. The van der Waals surface area contributed by atoms with Crippen molar-refractivity contribution in [3.8, 4) is 0 Å². The first-order chi connectivity index (χ1) is 11.5. The minimum atomic E-state index is -0.429. The number of carbonyl (C=O) groups excluding carboxylic acids is 1. The largest absolute Gasteiger partial charge is 0.322 e. The van der Waals surface area contributed by atoms with Crippen molar-refractivity contribution in [2.24, 2.45) is 0 Å². The average Bonchev–Trinajstić information content (AvgIpc) is 2.98. The number of halogens is 1. The SMILES string of the molecule is C[C@H](C(=O)Nc1ccccc1F)[NH+](C)Cc1nc2ccccc2s1. The Morgan fingerprint density at radius 2 is 1.96 bits per heavy atom. The van der Waals surface area contributed by atoms with Crippen LogP contribution in [0.25, 0.3) is 10.2 Å². The summed E-state index contributed by atoms with van der Waals surface area (Å²) in [5.41, 5.74) is 1.19. The molecule has 0 saturated carbocycles. The smallest absolute Gasteiger partial charge is 0.282 e. The highest BCUT2D eigenvalue weighted by Crippen LogP contribution is 2.20. The van der Waals surface area contributed by atoms with Crippen LogP contribution in [-0.4, -0.2) is 24.0 Å². The standard InChI is InChI=1S/C18H18FN3OS/c1-12(18(23)21-14-8-4-3-7-13(14)19)22(2)11-17-20-15-9-5-6-10-16(15)24-17/h3-10,12H,11H2,1-2H3,(H,21,23)/p+1/t12-/m1/s1. The Balaban J connectivity index is 1.66. The van der Waals surface area contributed by atoms with Gasteiger partial charge >= 0.3 is 0 Å². The molecular formula is C18H19FN3OS+. The first-order valence-electron chi connectivity index (χ1n) is 7.77. The molecule has 3 rings (SSSR count). The van der Waals surface area contributed by atoms with Crippen LogP contribution in [0.5, 0.6) is 0 Å². The lowest BCUT2D eigenvalue weighted by Crippen LogP contribution is -3.12. The second-order valence-corrected chi connectivity index (χ2v) is 6.90. The predicted octanol–water partition coefficient (Wildman–Crippen LogP) is 2.48. The number of amides is 1. The highest BCUT2D eigenvalue weighted by Gasteiger charge is 2.23. The maximum absolute atomic E-state index is 13.6. The fourth-order valence-electron chi connectivity index (χ4n) is 2.41. The van der Waals surface area contributed by atoms with Crippen LogP contribution in [-0.2, 0) is 11.3 Å². The number of likely N-dealkylation sites (N-methyl/N-ethyl adjacent to an activating group) is 1. The number of fused-ring (bicyclic) bond motifs is 1. The monoisotopic (exact) mass is 344 g/mol. The van der Waals surface area contributed by atoms with Gasteiger partial charge in [-0.1, -0.05) is 24.3 Å². The molecule has 1 aromatic heterocycles. The molecule has 0 fully saturated rings. The molecule has 2 atom stereocenters. The van der Waals surface area contributed by atoms with Crippen molar-refractivity contribution in [3.63, 3.8) is 0 Å². The average molecular weight is 344 g/mol. The van der Waals surface area contributed by atoms with Crippen molar-refractivity contribution in [2.45, 2.75) is 19.5 Å².